The summed E-state index contributed by atoms with van der Waals surface area (Å²) in [6, 6.07) is 2.14. The third-order valence-corrected chi connectivity index (χ3v) is 9.25. The molecule has 1 aromatic heterocycles. The largest absolute Gasteiger partial charge is 0.357 e. The smallest absolute Gasteiger partial charge is 0.270 e. The minimum absolute atomic E-state index is 0.0579. The van der Waals surface area contributed by atoms with Gasteiger partial charge in [-0.2, -0.15) is 5.26 Å². The van der Waals surface area contributed by atoms with E-state index in [0.717, 1.165) is 63.0 Å². The van der Waals surface area contributed by atoms with Crippen molar-refractivity contribution in [3.63, 3.8) is 0 Å². The fraction of sp³-hybridized carbons (Fsp3) is 0.677. The number of anilines is 1. The predicted octanol–water partition coefficient (Wildman–Crippen LogP) is 7.55. The van der Waals surface area contributed by atoms with E-state index in [4.69, 9.17) is 12.2 Å². The third kappa shape index (κ3) is 8.20. The first-order valence-electron chi connectivity index (χ1n) is 15.1. The lowest BCUT2D eigenvalue weighted by Gasteiger charge is -2.27. The van der Waals surface area contributed by atoms with Gasteiger partial charge >= 0.3 is 0 Å². The van der Waals surface area contributed by atoms with Crippen LogP contribution in [0.25, 0.3) is 6.08 Å². The zero-order valence-corrected chi connectivity index (χ0v) is 25.9. The second kappa shape index (κ2) is 16.2. The van der Waals surface area contributed by atoms with Crippen molar-refractivity contribution in [1.82, 2.24) is 9.47 Å². The molecule has 39 heavy (non-hydrogen) atoms. The zero-order chi connectivity index (χ0) is 28.2. The molecule has 0 N–H and O–H groups in total. The van der Waals surface area contributed by atoms with E-state index in [1.807, 2.05) is 13.0 Å². The molecule has 1 amide bonds. The molecule has 1 aromatic rings. The number of nitrogens with zero attached hydrogens (tertiary/aromatic N) is 4. The number of thioether (sulfide) groups is 1. The molecule has 0 aromatic carbocycles. The van der Waals surface area contributed by atoms with Gasteiger partial charge in [0.05, 0.1) is 4.91 Å². The highest BCUT2D eigenvalue weighted by molar-refractivity contribution is 8.26. The molecule has 0 bridgehead atoms. The molecule has 0 radical (unpaired) electrons. The fourth-order valence-corrected chi connectivity index (χ4v) is 6.81. The summed E-state index contributed by atoms with van der Waals surface area (Å²) in [6.07, 6.45) is 18.3. The minimum Gasteiger partial charge on any atom is -0.357 e. The van der Waals surface area contributed by atoms with Crippen LogP contribution in [0.15, 0.2) is 9.70 Å². The fourth-order valence-electron chi connectivity index (χ4n) is 5.52. The van der Waals surface area contributed by atoms with Crippen LogP contribution in [0, 0.1) is 18.3 Å². The normalized spacial score (nSPS) is 16.6. The lowest BCUT2D eigenvalue weighted by atomic mass is 10.0. The Balaban J connectivity index is 1.74. The van der Waals surface area contributed by atoms with E-state index in [1.165, 1.54) is 63.1 Å². The molecule has 2 aliphatic rings. The number of unbranched alkanes of at least 4 members (excludes halogenated alkanes) is 10. The number of carbonyl (C=O) groups is 1. The van der Waals surface area contributed by atoms with Crippen molar-refractivity contribution in [1.29, 1.82) is 5.26 Å². The Hall–Kier alpha value is -2.11. The van der Waals surface area contributed by atoms with Crippen LogP contribution < -0.4 is 10.5 Å². The van der Waals surface area contributed by atoms with Crippen molar-refractivity contribution in [3.05, 3.63) is 31.9 Å². The average Bonchev–Trinajstić information content (AvgIpc) is 3.55. The third-order valence-electron chi connectivity index (χ3n) is 7.87. The molecule has 3 rings (SSSR count). The summed E-state index contributed by atoms with van der Waals surface area (Å²) in [5.74, 6) is 0.792. The van der Waals surface area contributed by atoms with Gasteiger partial charge in [0.25, 0.3) is 11.5 Å². The summed E-state index contributed by atoms with van der Waals surface area (Å²) < 4.78 is 2.37. The molecule has 0 spiro atoms. The highest BCUT2D eigenvalue weighted by atomic mass is 32.2. The first kappa shape index (κ1) is 31.4. The van der Waals surface area contributed by atoms with Crippen molar-refractivity contribution < 1.29 is 4.79 Å². The van der Waals surface area contributed by atoms with Gasteiger partial charge in [-0.25, -0.2) is 0 Å². The van der Waals surface area contributed by atoms with Crippen molar-refractivity contribution >= 4 is 46.1 Å². The second-order valence-corrected chi connectivity index (χ2v) is 12.5. The number of amides is 1. The molecule has 6 nitrogen and oxygen atoms in total. The van der Waals surface area contributed by atoms with E-state index >= 15 is 0 Å². The summed E-state index contributed by atoms with van der Waals surface area (Å²) in [5.41, 5.74) is 1.40. The topological polar surface area (TPSA) is 69.3 Å². The van der Waals surface area contributed by atoms with Gasteiger partial charge in [0.15, 0.2) is 0 Å². The van der Waals surface area contributed by atoms with Crippen molar-refractivity contribution in [3.8, 4) is 6.07 Å². The monoisotopic (exact) mass is 570 g/mol. The molecule has 0 unspecified atom stereocenters. The van der Waals surface area contributed by atoms with Crippen LogP contribution in [0.2, 0.25) is 0 Å². The summed E-state index contributed by atoms with van der Waals surface area (Å²) in [7, 11) is 0. The maximum Gasteiger partial charge on any atom is 0.270 e. The summed E-state index contributed by atoms with van der Waals surface area (Å²) in [5, 5.41) is 9.85. The number of carbonyl (C=O) groups excluding carboxylic acids is 1. The van der Waals surface area contributed by atoms with Crippen LogP contribution in [0.1, 0.15) is 120 Å². The Morgan fingerprint density at radius 1 is 0.897 bits per heavy atom. The van der Waals surface area contributed by atoms with Crippen LogP contribution in [0.5, 0.6) is 0 Å². The number of hydrogen-bond acceptors (Lipinski definition) is 6. The first-order valence-corrected chi connectivity index (χ1v) is 16.3. The highest BCUT2D eigenvalue weighted by Gasteiger charge is 2.33. The highest BCUT2D eigenvalue weighted by Crippen LogP contribution is 2.36. The van der Waals surface area contributed by atoms with Crippen LogP contribution >= 0.6 is 24.0 Å². The first-order chi connectivity index (χ1) is 18.9. The van der Waals surface area contributed by atoms with Crippen molar-refractivity contribution in [2.45, 2.75) is 117 Å². The molecule has 8 heteroatoms. The lowest BCUT2D eigenvalue weighted by Crippen LogP contribution is -2.33. The quantitative estimate of drug-likeness (QED) is 0.116. The Labute approximate surface area is 244 Å². The van der Waals surface area contributed by atoms with Gasteiger partial charge in [-0.15, -0.1) is 0 Å². The van der Waals surface area contributed by atoms with Gasteiger partial charge in [0.2, 0.25) is 0 Å². The number of nitriles is 1. The molecule has 0 aliphatic carbocycles. The van der Waals surface area contributed by atoms with E-state index in [-0.39, 0.29) is 17.0 Å². The van der Waals surface area contributed by atoms with Gasteiger partial charge in [-0.1, -0.05) is 102 Å². The molecule has 2 fully saturated rings. The Bertz CT molecular complexity index is 1130. The molecular weight excluding hydrogens is 525 g/mol. The van der Waals surface area contributed by atoms with E-state index in [1.54, 1.807) is 9.47 Å². The van der Waals surface area contributed by atoms with E-state index < -0.39 is 0 Å². The van der Waals surface area contributed by atoms with Gasteiger partial charge < -0.3 is 4.90 Å². The maximum absolute atomic E-state index is 13.4. The SMILES string of the molecule is CCCCCCCCCCCCN1C(=O)/C(=C\c2c(C)c(C#N)c(=O)n(CCCC)c2N2CCCC2)SC1=S. The van der Waals surface area contributed by atoms with Gasteiger partial charge in [-0.05, 0) is 44.2 Å². The summed E-state index contributed by atoms with van der Waals surface area (Å²) in [6.45, 7) is 9.14. The molecule has 214 valence electrons. The van der Waals surface area contributed by atoms with Gasteiger partial charge in [-0.3, -0.25) is 19.1 Å². The number of thiocarbonyl (C=S) groups is 1. The summed E-state index contributed by atoms with van der Waals surface area (Å²) >= 11 is 6.95. The average molecular weight is 571 g/mol. The molecule has 0 saturated carbocycles. The van der Waals surface area contributed by atoms with Crippen LogP contribution in [-0.2, 0) is 11.3 Å². The second-order valence-electron chi connectivity index (χ2n) is 10.9. The van der Waals surface area contributed by atoms with Gasteiger partial charge in [0, 0.05) is 31.7 Å². The van der Waals surface area contributed by atoms with E-state index in [0.29, 0.717) is 27.9 Å². The summed E-state index contributed by atoms with van der Waals surface area (Å²) in [4.78, 5) is 31.3. The number of rotatable bonds is 16. The lowest BCUT2D eigenvalue weighted by molar-refractivity contribution is -0.122. The molecule has 2 aliphatic heterocycles. The molecule has 3 heterocycles. The van der Waals surface area contributed by atoms with Crippen molar-refractivity contribution in [2.24, 2.45) is 0 Å². The Morgan fingerprint density at radius 3 is 2.08 bits per heavy atom. The molecule has 2 saturated heterocycles. The number of aromatic nitrogens is 1. The van der Waals surface area contributed by atoms with Gasteiger partial charge in [0.1, 0.15) is 21.8 Å². The molecular formula is C31H46N4O2S2. The van der Waals surface area contributed by atoms with Crippen molar-refractivity contribution in [2.75, 3.05) is 24.5 Å². The number of hydrogen-bond donors (Lipinski definition) is 0. The minimum atomic E-state index is -0.226. The number of pyridine rings is 1. The van der Waals surface area contributed by atoms with Crippen LogP contribution in [0.3, 0.4) is 0 Å². The predicted molar refractivity (Wildman–Crippen MR) is 168 cm³/mol. The van der Waals surface area contributed by atoms with E-state index in [2.05, 4.69) is 24.8 Å². The zero-order valence-electron chi connectivity index (χ0n) is 24.2. The van der Waals surface area contributed by atoms with E-state index in [9.17, 15) is 14.9 Å². The Morgan fingerprint density at radius 2 is 1.49 bits per heavy atom. The van der Waals surface area contributed by atoms with Crippen LogP contribution in [-0.4, -0.2) is 39.3 Å². The molecule has 0 atom stereocenters. The van der Waals surface area contributed by atoms with Crippen LogP contribution in [0.4, 0.5) is 5.82 Å². The maximum atomic E-state index is 13.4. The Kier molecular flexibility index (Phi) is 13.1. The standard InChI is InChI=1S/C31H46N4O2S2/c1-4-6-8-9-10-11-12-13-14-15-21-35-30(37)27(39-31(35)38)22-25-24(3)26(23-32)29(36)34(20-7-5-2)28(25)33-18-16-17-19-33/h22H,4-21H2,1-3H3/b27-22+.